The second-order valence-corrected chi connectivity index (χ2v) is 7.78. The minimum atomic E-state index is -4.12. The first-order chi connectivity index (χ1) is 9.46. The predicted molar refractivity (Wildman–Crippen MR) is 72.9 cm³/mol. The molecule has 21 heavy (non-hydrogen) atoms. The van der Waals surface area contributed by atoms with Crippen LogP contribution in [0.5, 0.6) is 0 Å². The van der Waals surface area contributed by atoms with Gasteiger partial charge in [0.05, 0.1) is 5.75 Å². The quantitative estimate of drug-likeness (QED) is 0.567. The molecule has 4 N–H and O–H groups in total. The number of nitrogens with two attached hydrogens (primary N) is 1. The third kappa shape index (κ3) is 4.52. The number of sulfonamides is 2. The molecular weight excluding hydrogens is 324 g/mol. The average Bonchev–Trinajstić information content (AvgIpc) is 2.59. The molecule has 0 unspecified atom stereocenters. The summed E-state index contributed by atoms with van der Waals surface area (Å²) in [5.41, 5.74) is -0.438. The molecule has 0 radical (unpaired) electrons. The van der Waals surface area contributed by atoms with Crippen LogP contribution in [0, 0.1) is 13.8 Å². The van der Waals surface area contributed by atoms with E-state index in [1.807, 2.05) is 0 Å². The van der Waals surface area contributed by atoms with Crippen LogP contribution in [0.4, 0.5) is 0 Å². The van der Waals surface area contributed by atoms with Crippen molar-refractivity contribution in [2.24, 2.45) is 5.14 Å². The highest BCUT2D eigenvalue weighted by Crippen LogP contribution is 2.26. The van der Waals surface area contributed by atoms with Crippen LogP contribution in [0.2, 0.25) is 0 Å². The topological polar surface area (TPSA) is 157 Å². The summed E-state index contributed by atoms with van der Waals surface area (Å²) in [5, 5.41) is 13.8. The average molecular weight is 340 g/mol. The molecule has 9 nitrogen and oxygen atoms in total. The molecule has 0 aliphatic carbocycles. The zero-order chi connectivity index (χ0) is 16.4. The van der Waals surface area contributed by atoms with Gasteiger partial charge < -0.3 is 9.52 Å². The van der Waals surface area contributed by atoms with E-state index in [0.29, 0.717) is 0 Å². The summed E-state index contributed by atoms with van der Waals surface area (Å²) >= 11 is 0. The highest BCUT2D eigenvalue weighted by molar-refractivity contribution is 7.89. The van der Waals surface area contributed by atoms with Crippen molar-refractivity contribution in [3.8, 4) is 0 Å². The van der Waals surface area contributed by atoms with E-state index in [2.05, 4.69) is 4.72 Å². The van der Waals surface area contributed by atoms with Gasteiger partial charge in [-0.15, -0.1) is 0 Å². The smallest absolute Gasteiger partial charge is 0.340 e. The lowest BCUT2D eigenvalue weighted by molar-refractivity contribution is 0.0691. The van der Waals surface area contributed by atoms with Crippen LogP contribution in [-0.4, -0.2) is 40.2 Å². The molecule has 1 heterocycles. The van der Waals surface area contributed by atoms with Crippen LogP contribution in [0.25, 0.3) is 0 Å². The zero-order valence-electron chi connectivity index (χ0n) is 11.4. The minimum Gasteiger partial charge on any atom is -0.478 e. The third-order valence-electron chi connectivity index (χ3n) is 2.59. The van der Waals surface area contributed by atoms with Gasteiger partial charge in [0.25, 0.3) is 0 Å². The first kappa shape index (κ1) is 17.6. The van der Waals surface area contributed by atoms with Gasteiger partial charge in [-0.2, -0.15) is 0 Å². The Morgan fingerprint density at radius 1 is 1.24 bits per heavy atom. The van der Waals surface area contributed by atoms with Crippen molar-refractivity contribution in [2.45, 2.75) is 25.2 Å². The number of aromatic carboxylic acids is 1. The van der Waals surface area contributed by atoms with Crippen molar-refractivity contribution < 1.29 is 31.2 Å². The fourth-order valence-corrected chi connectivity index (χ4v) is 3.81. The number of nitrogens with one attached hydrogen (secondary N) is 1. The van der Waals surface area contributed by atoms with Gasteiger partial charge in [-0.05, 0) is 20.3 Å². The molecule has 0 bridgehead atoms. The fraction of sp³-hybridized carbons (Fsp3) is 0.500. The number of carbonyl (C=O) groups is 1. The Bertz CT molecular complexity index is 747. The largest absolute Gasteiger partial charge is 0.478 e. The molecule has 1 aromatic rings. The predicted octanol–water partition coefficient (Wildman–Crippen LogP) is -0.448. The number of hydrogen-bond donors (Lipinski definition) is 3. The molecule has 0 aromatic carbocycles. The number of rotatable bonds is 7. The van der Waals surface area contributed by atoms with E-state index in [0.717, 1.165) is 0 Å². The van der Waals surface area contributed by atoms with Gasteiger partial charge in [0, 0.05) is 6.54 Å². The molecule has 120 valence electrons. The maximum atomic E-state index is 12.1. The Hall–Kier alpha value is -1.43. The summed E-state index contributed by atoms with van der Waals surface area (Å²) < 4.78 is 52.8. The van der Waals surface area contributed by atoms with Gasteiger partial charge in [-0.25, -0.2) is 31.5 Å². The molecule has 0 saturated carbocycles. The van der Waals surface area contributed by atoms with E-state index >= 15 is 0 Å². The first-order valence-electron chi connectivity index (χ1n) is 5.79. The second kappa shape index (κ2) is 6.13. The molecule has 0 fully saturated rings. The number of carboxylic acids is 1. The summed E-state index contributed by atoms with van der Waals surface area (Å²) in [5.74, 6) is -1.88. The fourth-order valence-electron chi connectivity index (χ4n) is 1.79. The molecular formula is C10H16N2O7S2. The van der Waals surface area contributed by atoms with E-state index < -0.39 is 36.5 Å². The summed E-state index contributed by atoms with van der Waals surface area (Å²) in [6.07, 6.45) is -0.0314. The Balaban J connectivity index is 2.97. The lowest BCUT2D eigenvalue weighted by Crippen LogP contribution is -2.28. The van der Waals surface area contributed by atoms with Gasteiger partial charge in [0.2, 0.25) is 20.0 Å². The van der Waals surface area contributed by atoms with E-state index in [4.69, 9.17) is 14.7 Å². The Kier molecular flexibility index (Phi) is 5.15. The van der Waals surface area contributed by atoms with Crippen LogP contribution in [0.3, 0.4) is 0 Å². The first-order valence-corrected chi connectivity index (χ1v) is 8.99. The van der Waals surface area contributed by atoms with Crippen LogP contribution in [-0.2, 0) is 20.0 Å². The molecule has 0 amide bonds. The Morgan fingerprint density at radius 2 is 1.81 bits per heavy atom. The third-order valence-corrected chi connectivity index (χ3v) is 5.06. The SMILES string of the molecule is Cc1oc(C)c(S(=O)(=O)NCCCS(N)(=O)=O)c1C(=O)O. The summed E-state index contributed by atoms with van der Waals surface area (Å²) in [7, 11) is -7.80. The number of primary sulfonamides is 1. The van der Waals surface area contributed by atoms with Gasteiger partial charge in [-0.3, -0.25) is 0 Å². The highest BCUT2D eigenvalue weighted by atomic mass is 32.2. The standard InChI is InChI=1S/C10H16N2O7S2/c1-6-8(10(13)14)9(7(2)19-6)21(17,18)12-4-3-5-20(11,15)16/h12H,3-5H2,1-2H3,(H,13,14)(H2,11,15,16). The van der Waals surface area contributed by atoms with Crippen LogP contribution in [0.1, 0.15) is 28.3 Å². The normalized spacial score (nSPS) is 12.5. The van der Waals surface area contributed by atoms with E-state index in [9.17, 15) is 21.6 Å². The maximum Gasteiger partial charge on any atom is 0.340 e. The zero-order valence-corrected chi connectivity index (χ0v) is 13.0. The number of furan rings is 1. The van der Waals surface area contributed by atoms with E-state index in [1.54, 1.807) is 0 Å². The lowest BCUT2D eigenvalue weighted by Gasteiger charge is -2.06. The monoisotopic (exact) mass is 340 g/mol. The van der Waals surface area contributed by atoms with E-state index in [1.165, 1.54) is 13.8 Å². The van der Waals surface area contributed by atoms with Crippen molar-refractivity contribution in [1.82, 2.24) is 4.72 Å². The van der Waals surface area contributed by atoms with Crippen LogP contribution >= 0.6 is 0 Å². The van der Waals surface area contributed by atoms with E-state index in [-0.39, 0.29) is 30.2 Å². The van der Waals surface area contributed by atoms with Gasteiger partial charge in [0.15, 0.2) is 0 Å². The molecule has 0 aliphatic heterocycles. The second-order valence-electron chi connectivity index (χ2n) is 4.34. The van der Waals surface area contributed by atoms with Gasteiger partial charge >= 0.3 is 5.97 Å². The lowest BCUT2D eigenvalue weighted by atomic mass is 10.2. The molecule has 0 atom stereocenters. The molecule has 1 aromatic heterocycles. The maximum absolute atomic E-state index is 12.1. The molecule has 0 saturated heterocycles. The minimum absolute atomic E-state index is 0.0232. The number of carboxylic acid groups (broad SMARTS) is 1. The van der Waals surface area contributed by atoms with Crippen molar-refractivity contribution in [1.29, 1.82) is 0 Å². The van der Waals surface area contributed by atoms with Crippen molar-refractivity contribution in [3.63, 3.8) is 0 Å². The van der Waals surface area contributed by atoms with Gasteiger partial charge in [0.1, 0.15) is 22.0 Å². The highest BCUT2D eigenvalue weighted by Gasteiger charge is 2.30. The summed E-state index contributed by atoms with van der Waals surface area (Å²) in [6.45, 7) is 2.48. The number of hydrogen-bond acceptors (Lipinski definition) is 6. The van der Waals surface area contributed by atoms with Crippen molar-refractivity contribution in [2.75, 3.05) is 12.3 Å². The van der Waals surface area contributed by atoms with Crippen LogP contribution in [0.15, 0.2) is 9.31 Å². The molecule has 1 rings (SSSR count). The van der Waals surface area contributed by atoms with Crippen LogP contribution < -0.4 is 9.86 Å². The Labute approximate surface area is 122 Å². The molecule has 0 spiro atoms. The summed E-state index contributed by atoms with van der Waals surface area (Å²) in [6, 6.07) is 0. The Morgan fingerprint density at radius 3 is 2.29 bits per heavy atom. The van der Waals surface area contributed by atoms with Crippen molar-refractivity contribution in [3.05, 3.63) is 17.1 Å². The number of aryl methyl sites for hydroxylation is 2. The summed E-state index contributed by atoms with van der Waals surface area (Å²) in [4.78, 5) is 10.7. The molecule has 0 aliphatic rings. The molecule has 11 heteroatoms. The van der Waals surface area contributed by atoms with Crippen molar-refractivity contribution >= 4 is 26.0 Å². The van der Waals surface area contributed by atoms with Gasteiger partial charge in [-0.1, -0.05) is 0 Å².